The lowest BCUT2D eigenvalue weighted by atomic mass is 9.98. The lowest BCUT2D eigenvalue weighted by molar-refractivity contribution is -0.118. The lowest BCUT2D eigenvalue weighted by Crippen LogP contribution is -2.43. The van der Waals surface area contributed by atoms with Crippen molar-refractivity contribution in [2.75, 3.05) is 52.5 Å². The molecule has 6 N–H and O–H groups in total. The average molecular weight is 368 g/mol. The molecule has 0 aromatic heterocycles. The third-order valence-corrected chi connectivity index (χ3v) is 4.34. The molecule has 2 atom stereocenters. The van der Waals surface area contributed by atoms with E-state index in [1.54, 1.807) is 9.80 Å². The molecule has 0 unspecified atom stereocenters. The first-order valence-electron chi connectivity index (χ1n) is 8.61. The first-order valence-corrected chi connectivity index (χ1v) is 8.61. The summed E-state index contributed by atoms with van der Waals surface area (Å²) >= 11 is 0. The Bertz CT molecular complexity index is 597. The number of ketones is 2. The molecule has 26 heavy (non-hydrogen) atoms. The van der Waals surface area contributed by atoms with Crippen LogP contribution in [0.3, 0.4) is 0 Å². The van der Waals surface area contributed by atoms with Gasteiger partial charge in [0.25, 0.3) is 0 Å². The van der Waals surface area contributed by atoms with Gasteiger partial charge in [0.2, 0.25) is 11.6 Å². The minimum Gasteiger partial charge on any atom is -0.394 e. The third kappa shape index (κ3) is 3.83. The van der Waals surface area contributed by atoms with Gasteiger partial charge in [0.1, 0.15) is 22.8 Å². The molecule has 0 spiro atoms. The maximum absolute atomic E-state index is 13.0. The molecule has 10 heteroatoms. The zero-order valence-corrected chi connectivity index (χ0v) is 14.3. The molecular formula is C16H24N4O6. The topological polar surface area (TPSA) is 145 Å². The zero-order chi connectivity index (χ0) is 18.8. The highest BCUT2D eigenvalue weighted by Gasteiger charge is 2.44. The largest absolute Gasteiger partial charge is 0.394 e. The van der Waals surface area contributed by atoms with Crippen molar-refractivity contribution in [3.63, 3.8) is 0 Å². The van der Waals surface area contributed by atoms with Crippen LogP contribution in [-0.2, 0) is 9.59 Å². The van der Waals surface area contributed by atoms with Crippen molar-refractivity contribution in [3.05, 3.63) is 22.8 Å². The summed E-state index contributed by atoms with van der Waals surface area (Å²) in [6.07, 6.45) is -2.09. The van der Waals surface area contributed by atoms with E-state index in [2.05, 4.69) is 10.6 Å². The molecule has 1 aliphatic carbocycles. The smallest absolute Gasteiger partial charge is 0.229 e. The number of nitrogens with zero attached hydrogens (tertiary/aromatic N) is 2. The fourth-order valence-corrected chi connectivity index (χ4v) is 2.73. The van der Waals surface area contributed by atoms with Gasteiger partial charge in [-0.05, 0) is 0 Å². The van der Waals surface area contributed by atoms with Crippen molar-refractivity contribution in [2.45, 2.75) is 12.2 Å². The quantitative estimate of drug-likeness (QED) is 0.167. The van der Waals surface area contributed by atoms with Crippen molar-refractivity contribution in [1.29, 1.82) is 0 Å². The van der Waals surface area contributed by atoms with Crippen molar-refractivity contribution in [1.82, 2.24) is 20.4 Å². The van der Waals surface area contributed by atoms with Gasteiger partial charge in [-0.1, -0.05) is 0 Å². The molecule has 0 saturated carbocycles. The van der Waals surface area contributed by atoms with E-state index in [0.29, 0.717) is 26.2 Å². The van der Waals surface area contributed by atoms with Gasteiger partial charge in [-0.25, -0.2) is 0 Å². The van der Waals surface area contributed by atoms with Gasteiger partial charge in [-0.3, -0.25) is 9.59 Å². The number of carbonyl (C=O) groups excluding carboxylic acids is 2. The van der Waals surface area contributed by atoms with Crippen LogP contribution in [-0.4, -0.2) is 106 Å². The van der Waals surface area contributed by atoms with Gasteiger partial charge >= 0.3 is 0 Å². The van der Waals surface area contributed by atoms with Crippen LogP contribution < -0.4 is 10.6 Å². The van der Waals surface area contributed by atoms with E-state index in [9.17, 15) is 19.8 Å². The molecular weight excluding hydrogens is 344 g/mol. The molecule has 0 aromatic carbocycles. The molecule has 0 amide bonds. The van der Waals surface area contributed by atoms with E-state index in [1.807, 2.05) is 0 Å². The number of hydrogen-bond donors (Lipinski definition) is 6. The van der Waals surface area contributed by atoms with Crippen molar-refractivity contribution < 1.29 is 30.0 Å². The number of hydrogen-bond acceptors (Lipinski definition) is 10. The lowest BCUT2D eigenvalue weighted by Gasteiger charge is -2.27. The van der Waals surface area contributed by atoms with Crippen LogP contribution in [0, 0.1) is 0 Å². The maximum Gasteiger partial charge on any atom is 0.229 e. The summed E-state index contributed by atoms with van der Waals surface area (Å²) in [4.78, 5) is 29.5. The number of rotatable bonds is 10. The van der Waals surface area contributed by atoms with Crippen LogP contribution in [0.1, 0.15) is 0 Å². The Labute approximate surface area is 150 Å². The van der Waals surface area contributed by atoms with E-state index >= 15 is 0 Å². The molecule has 2 heterocycles. The highest BCUT2D eigenvalue weighted by Crippen LogP contribution is 2.32. The molecule has 2 aliphatic heterocycles. The van der Waals surface area contributed by atoms with E-state index in [0.717, 1.165) is 0 Å². The number of aliphatic hydroxyl groups excluding tert-OH is 4. The van der Waals surface area contributed by atoms with Gasteiger partial charge < -0.3 is 40.9 Å². The molecule has 2 saturated heterocycles. The van der Waals surface area contributed by atoms with Crippen LogP contribution in [0.15, 0.2) is 22.8 Å². The highest BCUT2D eigenvalue weighted by atomic mass is 16.3. The molecule has 10 nitrogen and oxygen atoms in total. The predicted molar refractivity (Wildman–Crippen MR) is 89.4 cm³/mol. The summed E-state index contributed by atoms with van der Waals surface area (Å²) in [7, 11) is 0. The molecule has 2 fully saturated rings. The van der Waals surface area contributed by atoms with Gasteiger partial charge in [-0.15, -0.1) is 0 Å². The predicted octanol–water partition coefficient (Wildman–Crippen LogP) is -3.92. The highest BCUT2D eigenvalue weighted by molar-refractivity contribution is 6.24. The molecule has 3 aliphatic rings. The Morgan fingerprint density at radius 3 is 1.38 bits per heavy atom. The second-order valence-corrected chi connectivity index (χ2v) is 6.51. The molecule has 0 bridgehead atoms. The average Bonchev–Trinajstić information content (AvgIpc) is 3.52. The first kappa shape index (κ1) is 18.6. The summed E-state index contributed by atoms with van der Waals surface area (Å²) in [6.45, 7) is 1.57. The molecule has 0 radical (unpaired) electrons. The number of aliphatic hydroxyl groups is 4. The van der Waals surface area contributed by atoms with Crippen molar-refractivity contribution in [2.24, 2.45) is 0 Å². The minimum absolute atomic E-state index is 0.0541. The van der Waals surface area contributed by atoms with Crippen LogP contribution in [0.4, 0.5) is 0 Å². The summed E-state index contributed by atoms with van der Waals surface area (Å²) in [5, 5.41) is 42.7. The van der Waals surface area contributed by atoms with Gasteiger partial charge in [0.15, 0.2) is 0 Å². The second-order valence-electron chi connectivity index (χ2n) is 6.51. The number of Topliss-reactive ketones (excluding diaryl/α,β-unsaturated/α-hetero) is 2. The molecule has 0 aromatic rings. The van der Waals surface area contributed by atoms with E-state index < -0.39 is 25.4 Å². The van der Waals surface area contributed by atoms with Crippen LogP contribution >= 0.6 is 0 Å². The Hall–Kier alpha value is -2.14. The molecule has 3 rings (SSSR count). The SMILES string of the molecule is O=C1C(NC[C@@H](O)CO)=C(N2CC2)C(=O)C(NC[C@H](O)CO)=C1N1CC1. The van der Waals surface area contributed by atoms with Crippen LogP contribution in [0.5, 0.6) is 0 Å². The van der Waals surface area contributed by atoms with E-state index in [4.69, 9.17) is 10.2 Å². The Morgan fingerprint density at radius 2 is 1.12 bits per heavy atom. The standard InChI is InChI=1S/C16H24N4O6/c21-7-9(23)5-17-11-13(19-1-2-19)15(25)12(18-6-10(24)8-22)14(16(11)26)20-3-4-20/h9-10,17-18,21-24H,1-8H2/t9-,10+. The Balaban J connectivity index is 1.89. The number of carbonyl (C=O) groups is 2. The second kappa shape index (κ2) is 7.62. The Morgan fingerprint density at radius 1 is 0.769 bits per heavy atom. The zero-order valence-electron chi connectivity index (χ0n) is 14.3. The number of nitrogens with one attached hydrogen (secondary N) is 2. The summed E-state index contributed by atoms with van der Waals surface area (Å²) in [6, 6.07) is 0. The fraction of sp³-hybridized carbons (Fsp3) is 0.625. The summed E-state index contributed by atoms with van der Waals surface area (Å²) in [5.41, 5.74) is 0.698. The van der Waals surface area contributed by atoms with E-state index in [1.165, 1.54) is 0 Å². The van der Waals surface area contributed by atoms with Crippen molar-refractivity contribution in [3.8, 4) is 0 Å². The van der Waals surface area contributed by atoms with Crippen molar-refractivity contribution >= 4 is 11.6 Å². The monoisotopic (exact) mass is 368 g/mol. The third-order valence-electron chi connectivity index (χ3n) is 4.34. The van der Waals surface area contributed by atoms with Gasteiger partial charge in [0.05, 0.1) is 25.4 Å². The van der Waals surface area contributed by atoms with E-state index in [-0.39, 0.29) is 47.4 Å². The van der Waals surface area contributed by atoms with Gasteiger partial charge in [-0.2, -0.15) is 0 Å². The maximum atomic E-state index is 13.0. The first-order chi connectivity index (χ1) is 12.5. The Kier molecular flexibility index (Phi) is 5.47. The minimum atomic E-state index is -1.05. The summed E-state index contributed by atoms with van der Waals surface area (Å²) < 4.78 is 0. The normalized spacial score (nSPS) is 22.0. The van der Waals surface area contributed by atoms with Gasteiger partial charge in [0, 0.05) is 39.3 Å². The van der Waals surface area contributed by atoms with Crippen LogP contribution in [0.25, 0.3) is 0 Å². The fourth-order valence-electron chi connectivity index (χ4n) is 2.73. The summed E-state index contributed by atoms with van der Waals surface area (Å²) in [5.74, 6) is -0.731. The van der Waals surface area contributed by atoms with Crippen LogP contribution in [0.2, 0.25) is 0 Å². The molecule has 144 valence electrons.